The highest BCUT2D eigenvalue weighted by atomic mass is 16.3. The number of hydrogen-bond donors (Lipinski definition) is 1. The highest BCUT2D eigenvalue weighted by molar-refractivity contribution is 5.73. The second-order valence-corrected chi connectivity index (χ2v) is 4.35. The van der Waals surface area contributed by atoms with Crippen LogP contribution >= 0.6 is 0 Å². The Kier molecular flexibility index (Phi) is 4.18. The van der Waals surface area contributed by atoms with Gasteiger partial charge in [-0.15, -0.1) is 0 Å². The third-order valence-corrected chi connectivity index (χ3v) is 2.90. The van der Waals surface area contributed by atoms with Crippen molar-refractivity contribution in [3.05, 3.63) is 48.2 Å². The number of carbonyl (C=O) groups is 1. The van der Waals surface area contributed by atoms with E-state index >= 15 is 0 Å². The van der Waals surface area contributed by atoms with Gasteiger partial charge in [0.1, 0.15) is 5.76 Å². The molecule has 0 fully saturated rings. The molecule has 1 N–H and O–H groups in total. The number of nitrogens with zero attached hydrogens (tertiary/aromatic N) is 2. The Labute approximate surface area is 112 Å². The molecule has 1 heterocycles. The minimum atomic E-state index is 0.0463. The summed E-state index contributed by atoms with van der Waals surface area (Å²) in [5, 5.41) is 3.29. The van der Waals surface area contributed by atoms with Gasteiger partial charge < -0.3 is 14.6 Å². The van der Waals surface area contributed by atoms with Gasteiger partial charge in [-0.2, -0.15) is 0 Å². The topological polar surface area (TPSA) is 58.4 Å². The lowest BCUT2D eigenvalue weighted by molar-refractivity contribution is -0.128. The largest absolute Gasteiger partial charge is 0.447 e. The first-order chi connectivity index (χ1) is 9.16. The lowest BCUT2D eigenvalue weighted by Crippen LogP contribution is -2.23. The molecule has 0 bridgehead atoms. The summed E-state index contributed by atoms with van der Waals surface area (Å²) in [4.78, 5) is 16.8. The van der Waals surface area contributed by atoms with Crippen molar-refractivity contribution in [1.82, 2.24) is 9.88 Å². The van der Waals surface area contributed by atoms with Crippen LogP contribution in [0.3, 0.4) is 0 Å². The number of nitrogens with one attached hydrogen (secondary N) is 1. The Hall–Kier alpha value is -2.30. The lowest BCUT2D eigenvalue weighted by Gasteiger charge is -2.18. The molecule has 2 aromatic rings. The Morgan fingerprint density at radius 3 is 2.89 bits per heavy atom. The van der Waals surface area contributed by atoms with Gasteiger partial charge in [0.25, 0.3) is 0 Å². The fraction of sp³-hybridized carbons (Fsp3) is 0.286. The molecule has 0 saturated heterocycles. The zero-order valence-electron chi connectivity index (χ0n) is 11.1. The summed E-state index contributed by atoms with van der Waals surface area (Å²) < 4.78 is 5.18. The molecule has 1 amide bonds. The molecular formula is C14H17N3O2. The first-order valence-corrected chi connectivity index (χ1v) is 6.07. The van der Waals surface area contributed by atoms with E-state index in [1.54, 1.807) is 25.1 Å². The van der Waals surface area contributed by atoms with E-state index in [9.17, 15) is 4.79 Å². The van der Waals surface area contributed by atoms with Gasteiger partial charge in [-0.05, 0) is 11.6 Å². The molecule has 5 heteroatoms. The van der Waals surface area contributed by atoms with Gasteiger partial charge in [0, 0.05) is 26.2 Å². The highest BCUT2D eigenvalue weighted by Crippen LogP contribution is 2.17. The third-order valence-electron chi connectivity index (χ3n) is 2.90. The van der Waals surface area contributed by atoms with Gasteiger partial charge in [0.05, 0.1) is 12.7 Å². The van der Waals surface area contributed by atoms with Crippen molar-refractivity contribution in [2.45, 2.75) is 20.0 Å². The highest BCUT2D eigenvalue weighted by Gasteiger charge is 2.07. The summed E-state index contributed by atoms with van der Waals surface area (Å²) in [6.07, 6.45) is 3.09. The average molecular weight is 259 g/mol. The molecule has 0 radical (unpaired) electrons. The van der Waals surface area contributed by atoms with Crippen LogP contribution in [-0.2, 0) is 17.9 Å². The van der Waals surface area contributed by atoms with Crippen LogP contribution in [-0.4, -0.2) is 22.8 Å². The summed E-state index contributed by atoms with van der Waals surface area (Å²) in [6.45, 7) is 2.71. The van der Waals surface area contributed by atoms with Crippen LogP contribution < -0.4 is 5.32 Å². The quantitative estimate of drug-likeness (QED) is 0.894. The van der Waals surface area contributed by atoms with Crippen LogP contribution in [0.4, 0.5) is 5.69 Å². The van der Waals surface area contributed by atoms with Crippen LogP contribution in [0, 0.1) is 0 Å². The predicted octanol–water partition coefficient (Wildman–Crippen LogP) is 2.27. The zero-order valence-corrected chi connectivity index (χ0v) is 11.1. The SMILES string of the molecule is CC(=O)N(C)Cc1ccccc1NCc1cnco1. The van der Waals surface area contributed by atoms with E-state index < -0.39 is 0 Å². The van der Waals surface area contributed by atoms with Crippen molar-refractivity contribution in [2.24, 2.45) is 0 Å². The van der Waals surface area contributed by atoms with E-state index in [0.717, 1.165) is 17.0 Å². The molecule has 1 aromatic heterocycles. The molecule has 0 spiro atoms. The maximum atomic E-state index is 11.3. The molecule has 0 atom stereocenters. The van der Waals surface area contributed by atoms with Crippen molar-refractivity contribution in [1.29, 1.82) is 0 Å². The number of aromatic nitrogens is 1. The molecule has 100 valence electrons. The standard InChI is InChI=1S/C14H17N3O2/c1-11(18)17(2)9-12-5-3-4-6-14(12)16-8-13-7-15-10-19-13/h3-7,10,16H,8-9H2,1-2H3. The van der Waals surface area contributed by atoms with Gasteiger partial charge in [0.2, 0.25) is 5.91 Å². The van der Waals surface area contributed by atoms with Gasteiger partial charge >= 0.3 is 0 Å². The van der Waals surface area contributed by atoms with Crippen molar-refractivity contribution in [2.75, 3.05) is 12.4 Å². The van der Waals surface area contributed by atoms with Gasteiger partial charge in [-0.25, -0.2) is 4.98 Å². The smallest absolute Gasteiger partial charge is 0.219 e. The van der Waals surface area contributed by atoms with Gasteiger partial charge in [-0.1, -0.05) is 18.2 Å². The van der Waals surface area contributed by atoms with E-state index in [0.29, 0.717) is 13.1 Å². The van der Waals surface area contributed by atoms with Gasteiger partial charge in [-0.3, -0.25) is 4.79 Å². The lowest BCUT2D eigenvalue weighted by atomic mass is 10.1. The summed E-state index contributed by atoms with van der Waals surface area (Å²) in [6, 6.07) is 7.91. The molecule has 0 aliphatic heterocycles. The minimum Gasteiger partial charge on any atom is -0.447 e. The molecule has 0 aliphatic carbocycles. The monoisotopic (exact) mass is 259 g/mol. The molecule has 1 aromatic carbocycles. The van der Waals surface area contributed by atoms with E-state index in [-0.39, 0.29) is 5.91 Å². The zero-order chi connectivity index (χ0) is 13.7. The van der Waals surface area contributed by atoms with E-state index in [1.165, 1.54) is 6.39 Å². The van der Waals surface area contributed by atoms with Crippen molar-refractivity contribution >= 4 is 11.6 Å². The second kappa shape index (κ2) is 6.04. The number of hydrogen-bond acceptors (Lipinski definition) is 4. The molecule has 19 heavy (non-hydrogen) atoms. The maximum absolute atomic E-state index is 11.3. The number of carbonyl (C=O) groups excluding carboxylic acids is 1. The summed E-state index contributed by atoms with van der Waals surface area (Å²) in [7, 11) is 1.79. The normalized spacial score (nSPS) is 10.2. The average Bonchev–Trinajstić information content (AvgIpc) is 2.90. The van der Waals surface area contributed by atoms with Crippen molar-refractivity contribution in [3.8, 4) is 0 Å². The van der Waals surface area contributed by atoms with E-state index in [2.05, 4.69) is 10.3 Å². The van der Waals surface area contributed by atoms with Crippen LogP contribution in [0.15, 0.2) is 41.3 Å². The fourth-order valence-corrected chi connectivity index (χ4v) is 1.71. The van der Waals surface area contributed by atoms with Crippen LogP contribution in [0.1, 0.15) is 18.2 Å². The Bertz CT molecular complexity index is 537. The first-order valence-electron chi connectivity index (χ1n) is 6.07. The van der Waals surface area contributed by atoms with Crippen LogP contribution in [0.25, 0.3) is 0 Å². The van der Waals surface area contributed by atoms with Crippen LogP contribution in [0.5, 0.6) is 0 Å². The third kappa shape index (κ3) is 3.58. The molecule has 2 rings (SSSR count). The first kappa shape index (κ1) is 13.1. The molecular weight excluding hydrogens is 242 g/mol. The van der Waals surface area contributed by atoms with E-state index in [4.69, 9.17) is 4.42 Å². The number of oxazole rings is 1. The molecule has 5 nitrogen and oxygen atoms in total. The Morgan fingerprint density at radius 2 is 2.21 bits per heavy atom. The second-order valence-electron chi connectivity index (χ2n) is 4.35. The fourth-order valence-electron chi connectivity index (χ4n) is 1.71. The molecule has 0 aliphatic rings. The maximum Gasteiger partial charge on any atom is 0.219 e. The van der Waals surface area contributed by atoms with Crippen molar-refractivity contribution in [3.63, 3.8) is 0 Å². The van der Waals surface area contributed by atoms with E-state index in [1.807, 2.05) is 24.3 Å². The Morgan fingerprint density at radius 1 is 1.42 bits per heavy atom. The number of para-hydroxylation sites is 1. The number of amides is 1. The summed E-state index contributed by atoms with van der Waals surface area (Å²) in [5.74, 6) is 0.819. The van der Waals surface area contributed by atoms with Crippen LogP contribution in [0.2, 0.25) is 0 Å². The summed E-state index contributed by atoms with van der Waals surface area (Å²) in [5.41, 5.74) is 2.06. The number of benzene rings is 1. The van der Waals surface area contributed by atoms with Gasteiger partial charge in [0.15, 0.2) is 6.39 Å². The van der Waals surface area contributed by atoms with Crippen molar-refractivity contribution < 1.29 is 9.21 Å². The Balaban J connectivity index is 2.05. The molecule has 0 unspecified atom stereocenters. The molecule has 0 saturated carbocycles. The predicted molar refractivity (Wildman–Crippen MR) is 72.4 cm³/mol. The minimum absolute atomic E-state index is 0.0463. The number of anilines is 1. The summed E-state index contributed by atoms with van der Waals surface area (Å²) >= 11 is 0. The number of rotatable bonds is 5.